The molecule has 9 N–H and O–H groups in total. The van der Waals surface area contributed by atoms with Crippen LogP contribution in [0.15, 0.2) is 0 Å². The number of hydrogen-bond acceptors (Lipinski definition) is 10. The van der Waals surface area contributed by atoms with Gasteiger partial charge in [0.1, 0.15) is 6.10 Å². The Balaban J connectivity index is 2.39. The molecule has 14 nitrogen and oxygen atoms in total. The molecule has 2 aliphatic carbocycles. The van der Waals surface area contributed by atoms with Crippen LogP contribution in [0.3, 0.4) is 0 Å². The molecule has 0 bridgehead atoms. The first kappa shape index (κ1) is 26.3. The zero-order valence-corrected chi connectivity index (χ0v) is 17.7. The highest BCUT2D eigenvalue weighted by atomic mass is 32.2. The van der Waals surface area contributed by atoms with Crippen LogP contribution < -0.4 is 4.72 Å². The van der Waals surface area contributed by atoms with E-state index in [2.05, 4.69) is 0 Å². The van der Waals surface area contributed by atoms with E-state index in [1.807, 2.05) is 0 Å². The number of aliphatic hydroxyl groups is 5. The number of aliphatic hydroxyl groups excluding tert-OH is 5. The molecule has 2 rings (SSSR count). The summed E-state index contributed by atoms with van der Waals surface area (Å²) in [4.78, 5) is 11.6. The number of aliphatic carboxylic acids is 1. The molecule has 0 saturated heterocycles. The van der Waals surface area contributed by atoms with E-state index in [0.29, 0.717) is 0 Å². The van der Waals surface area contributed by atoms with Crippen molar-refractivity contribution in [2.24, 2.45) is 23.7 Å². The average Bonchev–Trinajstić information content (AvgIpc) is 2.60. The van der Waals surface area contributed by atoms with Gasteiger partial charge >= 0.3 is 16.3 Å². The third-order valence-corrected chi connectivity index (χ3v) is 7.53. The van der Waals surface area contributed by atoms with Crippen LogP contribution >= 0.6 is 0 Å². The molecule has 0 aliphatic heterocycles. The van der Waals surface area contributed by atoms with Crippen LogP contribution in [0.2, 0.25) is 0 Å². The van der Waals surface area contributed by atoms with Crippen LogP contribution in [-0.4, -0.2) is 105 Å². The Hall–Kier alpha value is -0.950. The summed E-state index contributed by atoms with van der Waals surface area (Å²) in [5.41, 5.74) is 0. The van der Waals surface area contributed by atoms with Gasteiger partial charge in [-0.25, -0.2) is 0 Å². The van der Waals surface area contributed by atoms with Crippen LogP contribution in [0.5, 0.6) is 0 Å². The minimum absolute atomic E-state index is 0.348. The van der Waals surface area contributed by atoms with Gasteiger partial charge in [0.15, 0.2) is 0 Å². The molecule has 182 valence electrons. The van der Waals surface area contributed by atoms with Crippen molar-refractivity contribution in [2.45, 2.75) is 55.8 Å². The Labute approximate surface area is 178 Å². The van der Waals surface area contributed by atoms with Crippen LogP contribution in [0.1, 0.15) is 19.3 Å². The number of hydrogen-bond donors (Lipinski definition) is 9. The molecule has 2 fully saturated rings. The maximum Gasteiger partial charge on any atom is 0.333 e. The minimum atomic E-state index is -4.93. The van der Waals surface area contributed by atoms with Gasteiger partial charge in [-0.15, -0.1) is 0 Å². The quantitative estimate of drug-likeness (QED) is 0.154. The highest BCUT2D eigenvalue weighted by Gasteiger charge is 2.51. The van der Waals surface area contributed by atoms with E-state index >= 15 is 0 Å². The molecule has 2 saturated carbocycles. The van der Waals surface area contributed by atoms with Crippen molar-refractivity contribution in [1.82, 2.24) is 4.72 Å². The molecule has 0 heterocycles. The maximum atomic E-state index is 11.6. The van der Waals surface area contributed by atoms with Crippen molar-refractivity contribution in [3.05, 3.63) is 0 Å². The Kier molecular flexibility index (Phi) is 8.06. The maximum absolute atomic E-state index is 11.6. The van der Waals surface area contributed by atoms with Crippen LogP contribution in [0.25, 0.3) is 0 Å². The first-order valence-corrected chi connectivity index (χ1v) is 12.4. The Morgan fingerprint density at radius 3 is 1.90 bits per heavy atom. The van der Waals surface area contributed by atoms with E-state index in [0.717, 1.165) is 0 Å². The lowest BCUT2D eigenvalue weighted by Gasteiger charge is -2.46. The molecule has 0 aromatic heterocycles. The summed E-state index contributed by atoms with van der Waals surface area (Å²) in [6.07, 6.45) is -9.93. The molecule has 2 aliphatic rings. The number of rotatable bonds is 7. The Morgan fingerprint density at radius 2 is 1.42 bits per heavy atom. The van der Waals surface area contributed by atoms with E-state index in [1.165, 1.54) is 0 Å². The molecule has 0 spiro atoms. The summed E-state index contributed by atoms with van der Waals surface area (Å²) in [6, 6.07) is -1.60. The van der Waals surface area contributed by atoms with Gasteiger partial charge in [0.05, 0.1) is 42.1 Å². The standard InChI is InChI=1S/C15H27NO13S2/c17-9-3-8(15(22)23)7(12(19)13(9)20)2-5-1-6(4-30(24,25)26)11(18)14(21)10(5)16-31(27,28)29/h5-14,16-21H,1-4H2,(H,22,23)(H,24,25,26)(H,27,28,29)/t5-,6?,7-,8?,9+,10+,11-,12?,13+,14?/m0/s1. The second kappa shape index (κ2) is 9.50. The van der Waals surface area contributed by atoms with Gasteiger partial charge in [-0.3, -0.25) is 13.9 Å². The van der Waals surface area contributed by atoms with Crippen LogP contribution in [0, 0.1) is 23.7 Å². The lowest BCUT2D eigenvalue weighted by Crippen LogP contribution is -2.60. The molecule has 4 unspecified atom stereocenters. The topological polar surface area (TPSA) is 259 Å². The molecule has 0 amide bonds. The normalized spacial score (nSPS) is 42.3. The Morgan fingerprint density at radius 1 is 0.839 bits per heavy atom. The van der Waals surface area contributed by atoms with Gasteiger partial charge in [0.25, 0.3) is 10.1 Å². The second-order valence-corrected chi connectivity index (χ2v) is 10.9. The lowest BCUT2D eigenvalue weighted by atomic mass is 9.66. The van der Waals surface area contributed by atoms with Gasteiger partial charge in [-0.05, 0) is 25.2 Å². The van der Waals surface area contributed by atoms with Crippen molar-refractivity contribution in [3.8, 4) is 0 Å². The summed E-state index contributed by atoms with van der Waals surface area (Å²) >= 11 is 0. The summed E-state index contributed by atoms with van der Waals surface area (Å²) in [7, 11) is -9.54. The smallest absolute Gasteiger partial charge is 0.333 e. The van der Waals surface area contributed by atoms with E-state index in [9.17, 15) is 52.3 Å². The molecule has 31 heavy (non-hydrogen) atoms. The van der Waals surface area contributed by atoms with Crippen molar-refractivity contribution in [3.63, 3.8) is 0 Å². The minimum Gasteiger partial charge on any atom is -0.481 e. The summed E-state index contributed by atoms with van der Waals surface area (Å²) < 4.78 is 65.1. The number of carbonyl (C=O) groups is 1. The first-order chi connectivity index (χ1) is 14.0. The first-order valence-electron chi connectivity index (χ1n) is 9.35. The largest absolute Gasteiger partial charge is 0.481 e. The molecule has 0 aromatic carbocycles. The zero-order chi connectivity index (χ0) is 23.9. The monoisotopic (exact) mass is 493 g/mol. The van der Waals surface area contributed by atoms with E-state index in [-0.39, 0.29) is 12.8 Å². The highest BCUT2D eigenvalue weighted by molar-refractivity contribution is 7.85. The molecule has 0 radical (unpaired) electrons. The summed E-state index contributed by atoms with van der Waals surface area (Å²) in [6.45, 7) is 0. The Bertz CT molecular complexity index is 862. The van der Waals surface area contributed by atoms with Crippen molar-refractivity contribution >= 4 is 26.4 Å². The highest BCUT2D eigenvalue weighted by Crippen LogP contribution is 2.41. The van der Waals surface area contributed by atoms with Gasteiger partial charge in [0.2, 0.25) is 0 Å². The molecule has 0 aromatic rings. The SMILES string of the molecule is O=C(O)C1C[C@@H](O)[C@@H](O)C(O)[C@H]1C[C@@H]1CC(CS(=O)(=O)O)[C@H](O)C(O)[C@@H]1NS(=O)(=O)O. The van der Waals surface area contributed by atoms with Gasteiger partial charge in [-0.2, -0.15) is 21.6 Å². The lowest BCUT2D eigenvalue weighted by molar-refractivity contribution is -0.168. The van der Waals surface area contributed by atoms with Crippen molar-refractivity contribution in [1.29, 1.82) is 0 Å². The predicted molar refractivity (Wildman–Crippen MR) is 100 cm³/mol. The fourth-order valence-corrected chi connectivity index (χ4v) is 6.24. The molecular weight excluding hydrogens is 466 g/mol. The number of carboxylic acids is 1. The predicted octanol–water partition coefficient (Wildman–Crippen LogP) is -3.81. The molecule has 16 heteroatoms. The summed E-state index contributed by atoms with van der Waals surface area (Å²) in [5, 5.41) is 60.1. The summed E-state index contributed by atoms with van der Waals surface area (Å²) in [5.74, 6) is -7.44. The fourth-order valence-electron chi connectivity index (χ4n) is 4.69. The van der Waals surface area contributed by atoms with E-state index in [4.69, 9.17) is 9.11 Å². The van der Waals surface area contributed by atoms with Gasteiger partial charge in [0, 0.05) is 11.8 Å². The second-order valence-electron chi connectivity index (χ2n) is 8.23. The van der Waals surface area contributed by atoms with Gasteiger partial charge in [-0.1, -0.05) is 0 Å². The molecule has 10 atom stereocenters. The molecular formula is C15H27NO13S2. The van der Waals surface area contributed by atoms with Gasteiger partial charge < -0.3 is 30.6 Å². The average molecular weight is 494 g/mol. The number of nitrogens with one attached hydrogen (secondary N) is 1. The van der Waals surface area contributed by atoms with E-state index < -0.39 is 98.8 Å². The van der Waals surface area contributed by atoms with E-state index in [1.54, 1.807) is 4.72 Å². The van der Waals surface area contributed by atoms with Crippen LogP contribution in [-0.2, 0) is 25.2 Å². The number of carboxylic acid groups (broad SMARTS) is 1. The van der Waals surface area contributed by atoms with Crippen molar-refractivity contribution in [2.75, 3.05) is 5.75 Å². The van der Waals surface area contributed by atoms with Crippen molar-refractivity contribution < 1.29 is 61.4 Å². The zero-order valence-electron chi connectivity index (χ0n) is 16.0. The third-order valence-electron chi connectivity index (χ3n) is 6.11. The third kappa shape index (κ3) is 6.53. The van der Waals surface area contributed by atoms with Crippen LogP contribution in [0.4, 0.5) is 0 Å². The fraction of sp³-hybridized carbons (Fsp3) is 0.933.